The van der Waals surface area contributed by atoms with Gasteiger partial charge in [0.05, 0.1) is 24.1 Å². The highest BCUT2D eigenvalue weighted by Gasteiger charge is 2.15. The number of carbonyl (C=O) groups excluding carboxylic acids is 1. The van der Waals surface area contributed by atoms with Crippen LogP contribution in [0.25, 0.3) is 0 Å². The summed E-state index contributed by atoms with van der Waals surface area (Å²) in [5, 5.41) is 0. The first-order chi connectivity index (χ1) is 8.91. The van der Waals surface area contributed by atoms with Crippen LogP contribution in [0.5, 0.6) is 5.75 Å². The van der Waals surface area contributed by atoms with Gasteiger partial charge in [0.2, 0.25) is 0 Å². The minimum absolute atomic E-state index is 0.0197. The molecule has 0 saturated heterocycles. The number of esters is 1. The van der Waals surface area contributed by atoms with Crippen molar-refractivity contribution in [2.24, 2.45) is 0 Å². The maximum absolute atomic E-state index is 11.8. The second-order valence-electron chi connectivity index (χ2n) is 3.79. The van der Waals surface area contributed by atoms with Gasteiger partial charge in [0.25, 0.3) is 0 Å². The molecule has 106 valence electrons. The zero-order valence-electron chi connectivity index (χ0n) is 10.9. The van der Waals surface area contributed by atoms with Crippen LogP contribution >= 0.6 is 0 Å². The highest BCUT2D eigenvalue weighted by Crippen LogP contribution is 2.25. The summed E-state index contributed by atoms with van der Waals surface area (Å²) in [4.78, 5) is 11.8. The Morgan fingerprint density at radius 1 is 1.37 bits per heavy atom. The number of carbonyl (C=O) groups is 1. The number of rotatable bonds is 6. The van der Waals surface area contributed by atoms with Crippen LogP contribution in [0, 0.1) is 0 Å². The van der Waals surface area contributed by atoms with E-state index in [1.165, 1.54) is 20.1 Å². The Labute approximate surface area is 112 Å². The molecule has 0 atom stereocenters. The van der Waals surface area contributed by atoms with E-state index in [1.807, 2.05) is 0 Å². The number of hydrogen-bond acceptors (Lipinski definition) is 6. The quantitative estimate of drug-likeness (QED) is 0.616. The van der Waals surface area contributed by atoms with E-state index >= 15 is 0 Å². The van der Waals surface area contributed by atoms with Crippen molar-refractivity contribution >= 4 is 21.5 Å². The fraction of sp³-hybridized carbons (Fsp3) is 0.417. The molecule has 0 aliphatic heterocycles. The van der Waals surface area contributed by atoms with Gasteiger partial charge in [0.15, 0.2) is 9.84 Å². The fourth-order valence-corrected chi connectivity index (χ4v) is 2.01. The number of nitrogen functional groups attached to an aromatic ring is 1. The largest absolute Gasteiger partial charge is 0.495 e. The lowest BCUT2D eigenvalue weighted by atomic mass is 10.1. The smallest absolute Gasteiger partial charge is 0.340 e. The Bertz CT molecular complexity index is 553. The van der Waals surface area contributed by atoms with Gasteiger partial charge in [-0.25, -0.2) is 13.2 Å². The van der Waals surface area contributed by atoms with Gasteiger partial charge in [0.1, 0.15) is 12.4 Å². The van der Waals surface area contributed by atoms with Crippen molar-refractivity contribution in [3.63, 3.8) is 0 Å². The van der Waals surface area contributed by atoms with E-state index in [1.54, 1.807) is 12.1 Å². The third kappa shape index (κ3) is 4.13. The number of anilines is 1. The van der Waals surface area contributed by atoms with Gasteiger partial charge in [-0.3, -0.25) is 0 Å². The maximum Gasteiger partial charge on any atom is 0.340 e. The highest BCUT2D eigenvalue weighted by atomic mass is 32.2. The number of sulfone groups is 1. The lowest BCUT2D eigenvalue weighted by molar-refractivity contribution is 0.0530. The molecule has 0 heterocycles. The summed E-state index contributed by atoms with van der Waals surface area (Å²) in [5.41, 5.74) is 6.07. The summed E-state index contributed by atoms with van der Waals surface area (Å²) in [6.07, 6.45) is 0. The highest BCUT2D eigenvalue weighted by molar-refractivity contribution is 7.91. The molecule has 0 radical (unpaired) electrons. The topological polar surface area (TPSA) is 95.7 Å². The molecule has 0 unspecified atom stereocenters. The van der Waals surface area contributed by atoms with Gasteiger partial charge in [-0.05, 0) is 12.1 Å². The van der Waals surface area contributed by atoms with E-state index in [-0.39, 0.29) is 29.4 Å². The molecule has 19 heavy (non-hydrogen) atoms. The molecule has 0 aromatic heterocycles. The first kappa shape index (κ1) is 15.3. The standard InChI is InChI=1S/C12H17NO5S/c1-3-19(15,16)8-7-18-12(14)9-5-4-6-10(17-2)11(9)13/h4-6H,3,7-8,13H2,1-2H3. The second-order valence-corrected chi connectivity index (χ2v) is 6.27. The van der Waals surface area contributed by atoms with Crippen molar-refractivity contribution < 1.29 is 22.7 Å². The Hall–Kier alpha value is -1.76. The van der Waals surface area contributed by atoms with Crippen LogP contribution in [0.2, 0.25) is 0 Å². The molecule has 7 heteroatoms. The summed E-state index contributed by atoms with van der Waals surface area (Å²) in [5.74, 6) is -0.469. The average molecular weight is 287 g/mol. The zero-order valence-corrected chi connectivity index (χ0v) is 11.7. The first-order valence-electron chi connectivity index (χ1n) is 5.71. The van der Waals surface area contributed by atoms with E-state index in [9.17, 15) is 13.2 Å². The predicted octanol–water partition coefficient (Wildman–Crippen LogP) is 0.869. The van der Waals surface area contributed by atoms with Crippen molar-refractivity contribution in [1.29, 1.82) is 0 Å². The summed E-state index contributed by atoms with van der Waals surface area (Å²) >= 11 is 0. The van der Waals surface area contributed by atoms with Gasteiger partial charge in [-0.15, -0.1) is 0 Å². The summed E-state index contributed by atoms with van der Waals surface area (Å²) in [6, 6.07) is 4.72. The van der Waals surface area contributed by atoms with Crippen LogP contribution in [0.15, 0.2) is 18.2 Å². The number of benzene rings is 1. The summed E-state index contributed by atoms with van der Waals surface area (Å²) in [6.45, 7) is 1.35. The third-order valence-electron chi connectivity index (χ3n) is 2.57. The molecular formula is C12H17NO5S. The Kier molecular flexibility index (Phi) is 5.17. The van der Waals surface area contributed by atoms with Gasteiger partial charge in [-0.1, -0.05) is 13.0 Å². The molecule has 2 N–H and O–H groups in total. The minimum Gasteiger partial charge on any atom is -0.495 e. The molecule has 0 aliphatic carbocycles. The van der Waals surface area contributed by atoms with Crippen LogP contribution in [0.4, 0.5) is 5.69 Å². The van der Waals surface area contributed by atoms with Crippen LogP contribution in [-0.2, 0) is 14.6 Å². The lowest BCUT2D eigenvalue weighted by Gasteiger charge is -2.09. The minimum atomic E-state index is -3.15. The number of nitrogens with two attached hydrogens (primary N) is 1. The van der Waals surface area contributed by atoms with Crippen molar-refractivity contribution in [2.75, 3.05) is 31.0 Å². The number of ether oxygens (including phenoxy) is 2. The van der Waals surface area contributed by atoms with E-state index in [0.29, 0.717) is 5.75 Å². The van der Waals surface area contributed by atoms with Gasteiger partial charge >= 0.3 is 5.97 Å². The molecule has 0 fully saturated rings. The van der Waals surface area contributed by atoms with Crippen molar-refractivity contribution in [3.8, 4) is 5.75 Å². The lowest BCUT2D eigenvalue weighted by Crippen LogP contribution is -2.17. The number of methoxy groups -OCH3 is 1. The molecule has 0 spiro atoms. The van der Waals surface area contributed by atoms with E-state index in [0.717, 1.165) is 0 Å². The van der Waals surface area contributed by atoms with E-state index in [4.69, 9.17) is 15.2 Å². The average Bonchev–Trinajstić information content (AvgIpc) is 2.38. The molecule has 1 aromatic rings. The van der Waals surface area contributed by atoms with E-state index < -0.39 is 15.8 Å². The van der Waals surface area contributed by atoms with Crippen LogP contribution < -0.4 is 10.5 Å². The molecule has 0 aliphatic rings. The van der Waals surface area contributed by atoms with Crippen molar-refractivity contribution in [2.45, 2.75) is 6.92 Å². The second kappa shape index (κ2) is 6.42. The predicted molar refractivity (Wildman–Crippen MR) is 72.0 cm³/mol. The first-order valence-corrected chi connectivity index (χ1v) is 7.53. The normalized spacial score (nSPS) is 11.1. The van der Waals surface area contributed by atoms with Crippen LogP contribution in [0.1, 0.15) is 17.3 Å². The Balaban J connectivity index is 2.69. The van der Waals surface area contributed by atoms with E-state index in [2.05, 4.69) is 0 Å². The van der Waals surface area contributed by atoms with Gasteiger partial charge in [0, 0.05) is 5.75 Å². The molecule has 0 saturated carbocycles. The molecule has 0 amide bonds. The van der Waals surface area contributed by atoms with Crippen molar-refractivity contribution in [3.05, 3.63) is 23.8 Å². The molecule has 1 aromatic carbocycles. The third-order valence-corrected chi connectivity index (χ3v) is 4.24. The molecule has 0 bridgehead atoms. The molecule has 6 nitrogen and oxygen atoms in total. The maximum atomic E-state index is 11.8. The fourth-order valence-electron chi connectivity index (χ4n) is 1.38. The SMILES string of the molecule is CCS(=O)(=O)CCOC(=O)c1cccc(OC)c1N. The van der Waals surface area contributed by atoms with Gasteiger partial charge < -0.3 is 15.2 Å². The summed E-state index contributed by atoms with van der Waals surface area (Å²) in [7, 11) is -1.71. The number of hydrogen-bond donors (Lipinski definition) is 1. The summed E-state index contributed by atoms with van der Waals surface area (Å²) < 4.78 is 32.4. The van der Waals surface area contributed by atoms with Crippen LogP contribution in [0.3, 0.4) is 0 Å². The Morgan fingerprint density at radius 3 is 2.63 bits per heavy atom. The molecule has 1 rings (SSSR count). The van der Waals surface area contributed by atoms with Crippen molar-refractivity contribution in [1.82, 2.24) is 0 Å². The molecular weight excluding hydrogens is 270 g/mol. The van der Waals surface area contributed by atoms with Crippen LogP contribution in [-0.4, -0.2) is 39.6 Å². The Morgan fingerprint density at radius 2 is 2.05 bits per heavy atom. The zero-order chi connectivity index (χ0) is 14.5. The number of para-hydroxylation sites is 1. The van der Waals surface area contributed by atoms with Gasteiger partial charge in [-0.2, -0.15) is 0 Å². The monoisotopic (exact) mass is 287 g/mol.